The zero-order valence-corrected chi connectivity index (χ0v) is 24.6. The van der Waals surface area contributed by atoms with E-state index in [1.54, 1.807) is 22.7 Å². The summed E-state index contributed by atoms with van der Waals surface area (Å²) in [6.07, 6.45) is 1.54. The molecule has 0 amide bonds. The van der Waals surface area contributed by atoms with E-state index in [0.717, 1.165) is 32.9 Å². The predicted molar refractivity (Wildman–Crippen MR) is 163 cm³/mol. The third-order valence-electron chi connectivity index (χ3n) is 7.75. The molecule has 0 spiro atoms. The summed E-state index contributed by atoms with van der Waals surface area (Å²) in [7, 11) is 0. The number of hydrogen-bond donors (Lipinski definition) is 1. The Balaban J connectivity index is 1.64. The number of anilines is 1. The third kappa shape index (κ3) is 5.35. The molecule has 1 aliphatic heterocycles. The number of thioether (sulfide) groups is 1. The standard InChI is InChI=1S/C32H29ClN4O3S/c1-18-7-10-23(11-8-18)41-17-21-14-24(20(3)13-19(21)2)30-25(16-34)32(35)36(27-5-4-6-29(38)31(27)30)22-9-12-26(33)28(15-22)37(39)40/h7-15,30H,4-6,17,35H2,1-3H3. The first-order valence-electron chi connectivity index (χ1n) is 13.3. The van der Waals surface area contributed by atoms with Gasteiger partial charge in [0.2, 0.25) is 0 Å². The van der Waals surface area contributed by atoms with Crippen LogP contribution in [-0.4, -0.2) is 10.7 Å². The number of benzene rings is 3. The Labute approximate surface area is 248 Å². The number of allylic oxidation sites excluding steroid dienone is 3. The van der Waals surface area contributed by atoms with Gasteiger partial charge in [0.05, 0.1) is 28.2 Å². The second-order valence-corrected chi connectivity index (χ2v) is 11.9. The lowest BCUT2D eigenvalue weighted by Gasteiger charge is -2.40. The van der Waals surface area contributed by atoms with E-state index in [1.165, 1.54) is 17.7 Å². The van der Waals surface area contributed by atoms with Crippen molar-refractivity contribution in [1.82, 2.24) is 0 Å². The molecule has 1 aliphatic carbocycles. The maximum absolute atomic E-state index is 13.6. The quantitative estimate of drug-likeness (QED) is 0.179. The minimum Gasteiger partial charge on any atom is -0.384 e. The number of nitriles is 1. The van der Waals surface area contributed by atoms with E-state index in [0.29, 0.717) is 36.2 Å². The fourth-order valence-electron chi connectivity index (χ4n) is 5.65. The van der Waals surface area contributed by atoms with Crippen LogP contribution >= 0.6 is 23.4 Å². The van der Waals surface area contributed by atoms with Crippen LogP contribution in [0.5, 0.6) is 0 Å². The molecule has 1 unspecified atom stereocenters. The topological polar surface area (TPSA) is 113 Å². The maximum atomic E-state index is 13.6. The number of nitrogens with zero attached hydrogens (tertiary/aromatic N) is 3. The normalized spacial score (nSPS) is 17.0. The Bertz CT molecular complexity index is 1690. The van der Waals surface area contributed by atoms with Gasteiger partial charge in [0.15, 0.2) is 5.78 Å². The zero-order valence-electron chi connectivity index (χ0n) is 23.0. The molecule has 2 N–H and O–H groups in total. The Kier molecular flexibility index (Phi) is 7.94. The Morgan fingerprint density at radius 1 is 1.10 bits per heavy atom. The van der Waals surface area contributed by atoms with Crippen molar-refractivity contribution in [3.63, 3.8) is 0 Å². The van der Waals surface area contributed by atoms with Gasteiger partial charge in [-0.1, -0.05) is 41.4 Å². The van der Waals surface area contributed by atoms with Gasteiger partial charge in [0.25, 0.3) is 5.69 Å². The fraction of sp³-hybridized carbons (Fsp3) is 0.250. The van der Waals surface area contributed by atoms with Gasteiger partial charge in [-0.25, -0.2) is 0 Å². The van der Waals surface area contributed by atoms with E-state index in [9.17, 15) is 20.2 Å². The Hall–Kier alpha value is -4.06. The number of carbonyl (C=O) groups is 1. The first-order valence-corrected chi connectivity index (χ1v) is 14.7. The Morgan fingerprint density at radius 3 is 2.51 bits per heavy atom. The summed E-state index contributed by atoms with van der Waals surface area (Å²) in [6.45, 7) is 6.13. The molecule has 208 valence electrons. The lowest BCUT2D eigenvalue weighted by atomic mass is 9.74. The molecule has 2 aliphatic rings. The summed E-state index contributed by atoms with van der Waals surface area (Å²) in [4.78, 5) is 27.5. The summed E-state index contributed by atoms with van der Waals surface area (Å²) < 4.78 is 0. The van der Waals surface area contributed by atoms with Gasteiger partial charge in [-0.2, -0.15) is 5.26 Å². The highest BCUT2D eigenvalue weighted by molar-refractivity contribution is 7.98. The monoisotopic (exact) mass is 584 g/mol. The minimum atomic E-state index is -0.620. The van der Waals surface area contributed by atoms with Gasteiger partial charge >= 0.3 is 0 Å². The third-order valence-corrected chi connectivity index (χ3v) is 9.13. The van der Waals surface area contributed by atoms with E-state index in [2.05, 4.69) is 56.3 Å². The SMILES string of the molecule is Cc1ccc(SCc2cc(C3C(C#N)=C(N)N(c4ccc(Cl)c([N+](=O)[O-])c4)C4=C3C(=O)CCC4)c(C)cc2C)cc1. The number of aryl methyl sites for hydroxylation is 3. The first kappa shape index (κ1) is 28.5. The van der Waals surface area contributed by atoms with Crippen molar-refractivity contribution >= 4 is 40.5 Å². The highest BCUT2D eigenvalue weighted by Gasteiger charge is 2.41. The van der Waals surface area contributed by atoms with Crippen LogP contribution in [0.2, 0.25) is 5.02 Å². The number of nitrogens with two attached hydrogens (primary N) is 1. The van der Waals surface area contributed by atoms with Gasteiger partial charge in [0, 0.05) is 34.4 Å². The van der Waals surface area contributed by atoms with Crippen molar-refractivity contribution in [2.75, 3.05) is 4.90 Å². The summed E-state index contributed by atoms with van der Waals surface area (Å²) in [5.41, 5.74) is 13.6. The molecule has 1 atom stereocenters. The second kappa shape index (κ2) is 11.4. The lowest BCUT2D eigenvalue weighted by molar-refractivity contribution is -0.384. The lowest BCUT2D eigenvalue weighted by Crippen LogP contribution is -2.39. The molecule has 0 aromatic heterocycles. The van der Waals surface area contributed by atoms with Crippen LogP contribution in [0.15, 0.2) is 82.2 Å². The number of halogens is 1. The highest BCUT2D eigenvalue weighted by atomic mass is 35.5. The molecule has 5 rings (SSSR count). The highest BCUT2D eigenvalue weighted by Crippen LogP contribution is 2.48. The van der Waals surface area contributed by atoms with Crippen molar-refractivity contribution in [2.45, 2.75) is 56.6 Å². The van der Waals surface area contributed by atoms with Gasteiger partial charge < -0.3 is 5.73 Å². The van der Waals surface area contributed by atoms with Crippen LogP contribution in [0.3, 0.4) is 0 Å². The predicted octanol–water partition coefficient (Wildman–Crippen LogP) is 7.77. The van der Waals surface area contributed by atoms with Crippen molar-refractivity contribution in [1.29, 1.82) is 5.26 Å². The average Bonchev–Trinajstić information content (AvgIpc) is 2.93. The van der Waals surface area contributed by atoms with Crippen LogP contribution in [0.4, 0.5) is 11.4 Å². The number of nitro benzene ring substituents is 1. The van der Waals surface area contributed by atoms with Crippen molar-refractivity contribution in [2.24, 2.45) is 5.73 Å². The van der Waals surface area contributed by atoms with Crippen LogP contribution < -0.4 is 10.6 Å². The number of ketones is 1. The first-order chi connectivity index (χ1) is 19.6. The number of nitro groups is 1. The van der Waals surface area contributed by atoms with E-state index in [-0.39, 0.29) is 27.9 Å². The summed E-state index contributed by atoms with van der Waals surface area (Å²) in [5.74, 6) is 0.236. The fourth-order valence-corrected chi connectivity index (χ4v) is 6.80. The van der Waals surface area contributed by atoms with Crippen molar-refractivity contribution in [3.05, 3.63) is 120 Å². The number of rotatable bonds is 6. The molecule has 1 heterocycles. The smallest absolute Gasteiger partial charge is 0.289 e. The van der Waals surface area contributed by atoms with Crippen LogP contribution in [0, 0.1) is 42.2 Å². The van der Waals surface area contributed by atoms with Gasteiger partial charge in [-0.15, -0.1) is 11.8 Å². The molecular weight excluding hydrogens is 556 g/mol. The molecular formula is C32H29ClN4O3S. The van der Waals surface area contributed by atoms with E-state index < -0.39 is 10.8 Å². The van der Waals surface area contributed by atoms with Gasteiger partial charge in [-0.3, -0.25) is 19.8 Å². The number of carbonyl (C=O) groups excluding carboxylic acids is 1. The molecule has 0 radical (unpaired) electrons. The molecule has 41 heavy (non-hydrogen) atoms. The largest absolute Gasteiger partial charge is 0.384 e. The molecule has 0 saturated carbocycles. The summed E-state index contributed by atoms with van der Waals surface area (Å²) in [5, 5.41) is 22.1. The maximum Gasteiger partial charge on any atom is 0.289 e. The second-order valence-electron chi connectivity index (χ2n) is 10.4. The summed E-state index contributed by atoms with van der Waals surface area (Å²) in [6, 6.07) is 19.3. The molecule has 7 nitrogen and oxygen atoms in total. The van der Waals surface area contributed by atoms with Crippen LogP contribution in [0.1, 0.15) is 53.0 Å². The van der Waals surface area contributed by atoms with Crippen LogP contribution in [0.25, 0.3) is 0 Å². The minimum absolute atomic E-state index is 0.00284. The molecule has 0 fully saturated rings. The molecule has 0 bridgehead atoms. The van der Waals surface area contributed by atoms with Gasteiger partial charge in [-0.05, 0) is 80.1 Å². The van der Waals surface area contributed by atoms with E-state index in [4.69, 9.17) is 17.3 Å². The molecule has 9 heteroatoms. The Morgan fingerprint density at radius 2 is 1.83 bits per heavy atom. The molecule has 0 saturated heterocycles. The van der Waals surface area contributed by atoms with E-state index in [1.807, 2.05) is 6.92 Å². The molecule has 3 aromatic carbocycles. The number of Topliss-reactive ketones (excluding diaryl/α,β-unsaturated/α-hetero) is 1. The molecule has 3 aromatic rings. The average molecular weight is 585 g/mol. The van der Waals surface area contributed by atoms with Crippen LogP contribution in [-0.2, 0) is 10.5 Å². The van der Waals surface area contributed by atoms with Crippen molar-refractivity contribution in [3.8, 4) is 6.07 Å². The van der Waals surface area contributed by atoms with Crippen molar-refractivity contribution < 1.29 is 9.72 Å². The van der Waals surface area contributed by atoms with Gasteiger partial charge in [0.1, 0.15) is 10.8 Å². The zero-order chi connectivity index (χ0) is 29.4. The summed E-state index contributed by atoms with van der Waals surface area (Å²) >= 11 is 7.81. The number of hydrogen-bond acceptors (Lipinski definition) is 7. The van der Waals surface area contributed by atoms with E-state index >= 15 is 0 Å².